The smallest absolute Gasteiger partial charge is 0.175 e. The van der Waals surface area contributed by atoms with Crippen molar-refractivity contribution in [2.45, 2.75) is 71.5 Å². The second-order valence-corrected chi connectivity index (χ2v) is 12.2. The van der Waals surface area contributed by atoms with E-state index < -0.39 is 5.92 Å². The maximum Gasteiger partial charge on any atom is 0.175 e. The first-order valence-corrected chi connectivity index (χ1v) is 16.5. The van der Waals surface area contributed by atoms with Gasteiger partial charge in [0.2, 0.25) is 0 Å². The first-order chi connectivity index (χ1) is 22.0. The van der Waals surface area contributed by atoms with Crippen LogP contribution < -0.4 is 18.9 Å². The van der Waals surface area contributed by atoms with Crippen molar-refractivity contribution in [3.63, 3.8) is 0 Å². The van der Waals surface area contributed by atoms with E-state index in [1.807, 2.05) is 74.5 Å². The van der Waals surface area contributed by atoms with E-state index in [0.717, 1.165) is 29.5 Å². The van der Waals surface area contributed by atoms with Gasteiger partial charge in [-0.2, -0.15) is 0 Å². The molecule has 0 saturated carbocycles. The number of ketones is 2. The van der Waals surface area contributed by atoms with Crippen LogP contribution in [0.3, 0.4) is 0 Å². The third-order valence-electron chi connectivity index (χ3n) is 8.23. The number of hydrogen-bond donors (Lipinski definition) is 0. The summed E-state index contributed by atoms with van der Waals surface area (Å²) in [5.74, 6) is 3.42. The summed E-state index contributed by atoms with van der Waals surface area (Å²) in [6.07, 6.45) is 3.82. The molecule has 0 atom stereocenters. The van der Waals surface area contributed by atoms with Gasteiger partial charge in [-0.3, -0.25) is 9.59 Å². The van der Waals surface area contributed by atoms with Crippen LogP contribution >= 0.6 is 15.9 Å². The summed E-state index contributed by atoms with van der Waals surface area (Å²) in [6, 6.07) is 19.6. The molecule has 0 unspecified atom stereocenters. The fourth-order valence-electron chi connectivity index (χ4n) is 6.23. The highest BCUT2D eigenvalue weighted by atomic mass is 79.9. The molecule has 0 radical (unpaired) electrons. The van der Waals surface area contributed by atoms with Crippen LogP contribution in [0.2, 0.25) is 0 Å². The van der Waals surface area contributed by atoms with Gasteiger partial charge in [-0.15, -0.1) is 0 Å². The third-order valence-corrected chi connectivity index (χ3v) is 8.82. The number of hydrogen-bond acceptors (Lipinski definition) is 7. The summed E-state index contributed by atoms with van der Waals surface area (Å²) in [5.41, 5.74) is 4.00. The predicted molar refractivity (Wildman–Crippen MR) is 174 cm³/mol. The van der Waals surface area contributed by atoms with Gasteiger partial charge in [-0.05, 0) is 83.6 Å². The number of benzene rings is 3. The Balaban J connectivity index is 1.28. The van der Waals surface area contributed by atoms with Gasteiger partial charge in [0.1, 0.15) is 24.7 Å². The molecule has 8 heteroatoms. The van der Waals surface area contributed by atoms with Gasteiger partial charge in [-0.1, -0.05) is 36.4 Å². The fraction of sp³-hybridized carbons (Fsp3) is 0.351. The number of allylic oxidation sites excluding steroid dienone is 4. The lowest BCUT2D eigenvalue weighted by Crippen LogP contribution is -2.30. The van der Waals surface area contributed by atoms with E-state index in [4.69, 9.17) is 23.7 Å². The monoisotopic (exact) mass is 672 g/mol. The predicted octanol–water partition coefficient (Wildman–Crippen LogP) is 8.53. The van der Waals surface area contributed by atoms with Crippen LogP contribution in [0, 0.1) is 0 Å². The van der Waals surface area contributed by atoms with E-state index in [1.54, 1.807) is 0 Å². The molecule has 0 fully saturated rings. The molecule has 1 heterocycles. The largest absolute Gasteiger partial charge is 0.490 e. The molecular weight excluding hydrogens is 636 g/mol. The van der Waals surface area contributed by atoms with E-state index in [0.29, 0.717) is 95.6 Å². The molecule has 0 saturated heterocycles. The van der Waals surface area contributed by atoms with Crippen LogP contribution in [0.4, 0.5) is 0 Å². The molecule has 0 amide bonds. The van der Waals surface area contributed by atoms with Crippen molar-refractivity contribution in [3.8, 4) is 23.0 Å². The lowest BCUT2D eigenvalue weighted by atomic mass is 9.73. The van der Waals surface area contributed by atoms with Crippen molar-refractivity contribution in [3.05, 3.63) is 104 Å². The third kappa shape index (κ3) is 6.66. The van der Waals surface area contributed by atoms with E-state index in [2.05, 4.69) is 15.9 Å². The Kier molecular flexibility index (Phi) is 9.59. The Morgan fingerprint density at radius 3 is 2.00 bits per heavy atom. The van der Waals surface area contributed by atoms with E-state index in [1.165, 1.54) is 0 Å². The average Bonchev–Trinajstić information content (AvgIpc) is 3.04. The van der Waals surface area contributed by atoms with Crippen molar-refractivity contribution >= 4 is 27.5 Å². The second-order valence-electron chi connectivity index (χ2n) is 11.3. The highest BCUT2D eigenvalue weighted by Crippen LogP contribution is 2.50. The van der Waals surface area contributed by atoms with Gasteiger partial charge in [0.15, 0.2) is 34.6 Å². The van der Waals surface area contributed by atoms with Crippen LogP contribution in [-0.2, 0) is 27.5 Å². The molecule has 1 aliphatic heterocycles. The molecule has 45 heavy (non-hydrogen) atoms. The van der Waals surface area contributed by atoms with E-state index >= 15 is 0 Å². The summed E-state index contributed by atoms with van der Waals surface area (Å²) >= 11 is 3.73. The van der Waals surface area contributed by atoms with Crippen molar-refractivity contribution in [2.24, 2.45) is 0 Å². The number of Topliss-reactive ketones (excluding diaryl/α,β-unsaturated/α-hetero) is 2. The molecule has 2 aliphatic carbocycles. The number of halogens is 1. The minimum atomic E-state index is -0.480. The summed E-state index contributed by atoms with van der Waals surface area (Å²) in [6.45, 7) is 5.47. The highest BCUT2D eigenvalue weighted by Gasteiger charge is 2.42. The fourth-order valence-corrected chi connectivity index (χ4v) is 6.80. The molecule has 0 spiro atoms. The molecule has 0 N–H and O–H groups in total. The number of ether oxygens (including phenoxy) is 5. The van der Waals surface area contributed by atoms with E-state index in [-0.39, 0.29) is 18.2 Å². The zero-order valence-corrected chi connectivity index (χ0v) is 27.2. The lowest BCUT2D eigenvalue weighted by Gasteiger charge is -2.36. The van der Waals surface area contributed by atoms with Crippen LogP contribution in [0.1, 0.15) is 75.0 Å². The Morgan fingerprint density at radius 1 is 0.689 bits per heavy atom. The van der Waals surface area contributed by atoms with Crippen molar-refractivity contribution in [1.82, 2.24) is 0 Å². The molecule has 0 bridgehead atoms. The Hall–Kier alpha value is -4.04. The zero-order chi connectivity index (χ0) is 31.3. The molecule has 7 nitrogen and oxygen atoms in total. The molecule has 234 valence electrons. The highest BCUT2D eigenvalue weighted by molar-refractivity contribution is 9.10. The summed E-state index contributed by atoms with van der Waals surface area (Å²) in [7, 11) is 0. The van der Waals surface area contributed by atoms with Gasteiger partial charge in [0.25, 0.3) is 0 Å². The first-order valence-electron chi connectivity index (χ1n) is 15.7. The summed E-state index contributed by atoms with van der Waals surface area (Å²) < 4.78 is 31.3. The Morgan fingerprint density at radius 2 is 1.33 bits per heavy atom. The molecule has 3 aromatic rings. The summed E-state index contributed by atoms with van der Waals surface area (Å²) in [5, 5.41) is 0. The maximum absolute atomic E-state index is 13.3. The van der Waals surface area contributed by atoms with Gasteiger partial charge >= 0.3 is 0 Å². The van der Waals surface area contributed by atoms with Gasteiger partial charge in [0, 0.05) is 42.7 Å². The summed E-state index contributed by atoms with van der Waals surface area (Å²) in [4.78, 5) is 26.5. The lowest BCUT2D eigenvalue weighted by molar-refractivity contribution is -0.117. The number of rotatable bonds is 11. The minimum Gasteiger partial charge on any atom is -0.490 e. The normalized spacial score (nSPS) is 16.6. The SMILES string of the molecule is CCOc1cc(COc2c(Br)cc(C3C4=C(CCCC4=O)OC4=C3C(=O)CCC4)cc2OCC)ccc1OCc1ccccc1. The standard InChI is InChI=1S/C37H37BrO7/c1-3-41-32-18-24(16-17-29(32)43-21-23-10-6-5-7-11-23)22-44-37-26(38)19-25(20-33(37)42-4-2)34-35-27(39)12-8-14-30(35)45-31-15-9-13-28(40)36(31)34/h5-7,10-11,16-20,34H,3-4,8-9,12-15,21-22H2,1-2H3. The van der Waals surface area contributed by atoms with E-state index in [9.17, 15) is 9.59 Å². The van der Waals surface area contributed by atoms with Crippen molar-refractivity contribution in [2.75, 3.05) is 13.2 Å². The van der Waals surface area contributed by atoms with Crippen LogP contribution in [0.5, 0.6) is 23.0 Å². The molecule has 3 aliphatic rings. The van der Waals surface area contributed by atoms with Crippen molar-refractivity contribution in [1.29, 1.82) is 0 Å². The molecule has 3 aromatic carbocycles. The van der Waals surface area contributed by atoms with Gasteiger partial charge in [0.05, 0.1) is 17.7 Å². The number of carbonyl (C=O) groups is 2. The quantitative estimate of drug-likeness (QED) is 0.202. The van der Waals surface area contributed by atoms with Crippen LogP contribution in [0.25, 0.3) is 0 Å². The molecular formula is C37H37BrO7. The van der Waals surface area contributed by atoms with Crippen molar-refractivity contribution < 1.29 is 33.3 Å². The average molecular weight is 674 g/mol. The topological polar surface area (TPSA) is 80.3 Å². The van der Waals surface area contributed by atoms with Crippen LogP contribution in [0.15, 0.2) is 87.8 Å². The molecule has 6 rings (SSSR count). The minimum absolute atomic E-state index is 0.0434. The Bertz CT molecular complexity index is 1610. The maximum atomic E-state index is 13.3. The zero-order valence-electron chi connectivity index (χ0n) is 25.7. The molecule has 0 aromatic heterocycles. The van der Waals surface area contributed by atoms with Gasteiger partial charge in [-0.25, -0.2) is 0 Å². The van der Waals surface area contributed by atoms with Gasteiger partial charge < -0.3 is 23.7 Å². The first kappa shape index (κ1) is 31.0. The second kappa shape index (κ2) is 13.9. The van der Waals surface area contributed by atoms with Crippen LogP contribution in [-0.4, -0.2) is 24.8 Å². The number of carbonyl (C=O) groups excluding carboxylic acids is 2. The Labute approximate surface area is 272 Å².